The van der Waals surface area contributed by atoms with Crippen molar-refractivity contribution in [2.24, 2.45) is 0 Å². The third kappa shape index (κ3) is 3.28. The number of nitrogens with one attached hydrogen (secondary N) is 1. The number of rotatable bonds is 3. The lowest BCUT2D eigenvalue weighted by molar-refractivity contribution is -0.122. The number of imide groups is 2. The highest BCUT2D eigenvalue weighted by Gasteiger charge is 2.37. The molecule has 0 atom stereocenters. The van der Waals surface area contributed by atoms with Crippen molar-refractivity contribution in [3.8, 4) is 5.82 Å². The van der Waals surface area contributed by atoms with E-state index in [1.807, 2.05) is 42.7 Å². The highest BCUT2D eigenvalue weighted by molar-refractivity contribution is 6.39. The van der Waals surface area contributed by atoms with E-state index in [9.17, 15) is 18.8 Å². The van der Waals surface area contributed by atoms with Crippen molar-refractivity contribution in [1.82, 2.24) is 14.9 Å². The summed E-state index contributed by atoms with van der Waals surface area (Å²) in [4.78, 5) is 42.7. The van der Waals surface area contributed by atoms with E-state index in [1.54, 1.807) is 6.20 Å². The molecule has 8 heteroatoms. The zero-order valence-electron chi connectivity index (χ0n) is 16.2. The van der Waals surface area contributed by atoms with Crippen LogP contribution in [0.15, 0.2) is 60.3 Å². The molecule has 0 unspecified atom stereocenters. The fourth-order valence-corrected chi connectivity index (χ4v) is 3.43. The van der Waals surface area contributed by atoms with Crippen LogP contribution in [0.5, 0.6) is 0 Å². The molecular formula is C22H17FN4O3. The van der Waals surface area contributed by atoms with Crippen molar-refractivity contribution in [1.29, 1.82) is 0 Å². The minimum Gasteiger partial charge on any atom is -0.303 e. The molecule has 1 saturated heterocycles. The third-order valence-corrected chi connectivity index (χ3v) is 4.82. The first kappa shape index (κ1) is 19.3. The number of urea groups is 1. The largest absolute Gasteiger partial charge is 0.335 e. The number of carbonyl (C=O) groups is 3. The van der Waals surface area contributed by atoms with E-state index in [0.717, 1.165) is 22.4 Å². The zero-order valence-corrected chi connectivity index (χ0v) is 16.2. The molecule has 4 rings (SSSR count). The average Bonchev–Trinajstić information content (AvgIpc) is 2.99. The molecule has 4 amide bonds. The van der Waals surface area contributed by atoms with Crippen molar-refractivity contribution in [3.05, 3.63) is 83.1 Å². The van der Waals surface area contributed by atoms with Crippen LogP contribution in [0.25, 0.3) is 11.9 Å². The molecule has 0 saturated carbocycles. The summed E-state index contributed by atoms with van der Waals surface area (Å²) in [7, 11) is 0. The van der Waals surface area contributed by atoms with Gasteiger partial charge in [-0.2, -0.15) is 0 Å². The first-order chi connectivity index (χ1) is 14.4. The number of halogens is 1. The molecule has 1 N–H and O–H groups in total. The maximum Gasteiger partial charge on any atom is 0.335 e. The van der Waals surface area contributed by atoms with E-state index in [-0.39, 0.29) is 11.3 Å². The minimum atomic E-state index is -0.924. The molecule has 2 aromatic heterocycles. The van der Waals surface area contributed by atoms with Crippen LogP contribution in [-0.2, 0) is 9.59 Å². The Bertz CT molecular complexity index is 1210. The normalized spacial score (nSPS) is 15.6. The lowest BCUT2D eigenvalue weighted by atomic mass is 10.1. The van der Waals surface area contributed by atoms with Crippen LogP contribution in [-0.4, -0.2) is 27.4 Å². The summed E-state index contributed by atoms with van der Waals surface area (Å²) in [6.45, 7) is 3.73. The Hall–Kier alpha value is -4.07. The predicted octanol–water partition coefficient (Wildman–Crippen LogP) is 3.29. The standard InChI is InChI=1S/C22H17FN4O3/c1-13-10-15(14(2)26(13)19-8-3-4-9-24-19)11-18-20(28)25-22(30)27(21(18)29)17-7-5-6-16(23)12-17/h3-12H,1-2H3,(H,25,28,30)/b18-11+. The Morgan fingerprint density at radius 3 is 2.53 bits per heavy atom. The molecule has 1 aliphatic heterocycles. The van der Waals surface area contributed by atoms with E-state index in [4.69, 9.17) is 0 Å². The van der Waals surface area contributed by atoms with Crippen LogP contribution < -0.4 is 10.2 Å². The van der Waals surface area contributed by atoms with Crippen LogP contribution in [0.2, 0.25) is 0 Å². The van der Waals surface area contributed by atoms with Gasteiger partial charge in [0.15, 0.2) is 0 Å². The SMILES string of the molecule is Cc1cc(/C=C2\C(=O)NC(=O)N(c3cccc(F)c3)C2=O)c(C)n1-c1ccccn1. The molecule has 150 valence electrons. The van der Waals surface area contributed by atoms with Crippen molar-refractivity contribution in [3.63, 3.8) is 0 Å². The van der Waals surface area contributed by atoms with E-state index in [0.29, 0.717) is 11.4 Å². The molecular weight excluding hydrogens is 387 g/mol. The lowest BCUT2D eigenvalue weighted by Crippen LogP contribution is -2.54. The summed E-state index contributed by atoms with van der Waals surface area (Å²) in [6.07, 6.45) is 3.10. The second kappa shape index (κ2) is 7.40. The average molecular weight is 404 g/mol. The van der Waals surface area contributed by atoms with Crippen molar-refractivity contribution < 1.29 is 18.8 Å². The number of anilines is 1. The number of aryl methyl sites for hydroxylation is 1. The second-order valence-corrected chi connectivity index (χ2v) is 6.79. The van der Waals surface area contributed by atoms with E-state index in [2.05, 4.69) is 10.3 Å². The van der Waals surface area contributed by atoms with Gasteiger partial charge in [0.2, 0.25) is 0 Å². The molecule has 1 aliphatic rings. The Kier molecular flexibility index (Phi) is 4.75. The van der Waals surface area contributed by atoms with Crippen molar-refractivity contribution >= 4 is 29.6 Å². The van der Waals surface area contributed by atoms with Gasteiger partial charge in [0.25, 0.3) is 11.8 Å². The summed E-state index contributed by atoms with van der Waals surface area (Å²) in [5, 5.41) is 2.14. The van der Waals surface area contributed by atoms with Gasteiger partial charge in [-0.3, -0.25) is 14.9 Å². The number of carbonyl (C=O) groups excluding carboxylic acids is 3. The van der Waals surface area contributed by atoms with Crippen molar-refractivity contribution in [2.75, 3.05) is 4.90 Å². The number of nitrogens with zero attached hydrogens (tertiary/aromatic N) is 3. The fraction of sp³-hybridized carbons (Fsp3) is 0.0909. The predicted molar refractivity (Wildman–Crippen MR) is 108 cm³/mol. The molecule has 0 bridgehead atoms. The number of barbiturate groups is 1. The van der Waals surface area contributed by atoms with Gasteiger partial charge in [-0.15, -0.1) is 0 Å². The number of hydrogen-bond donors (Lipinski definition) is 1. The van der Waals surface area contributed by atoms with Crippen LogP contribution in [0.4, 0.5) is 14.9 Å². The summed E-state index contributed by atoms with van der Waals surface area (Å²) in [5.74, 6) is -1.53. The molecule has 30 heavy (non-hydrogen) atoms. The number of hydrogen-bond acceptors (Lipinski definition) is 4. The smallest absolute Gasteiger partial charge is 0.303 e. The first-order valence-corrected chi connectivity index (χ1v) is 9.14. The van der Waals surface area contributed by atoms with Gasteiger partial charge in [0.1, 0.15) is 17.2 Å². The second-order valence-electron chi connectivity index (χ2n) is 6.79. The summed E-state index contributed by atoms with van der Waals surface area (Å²) >= 11 is 0. The van der Waals surface area contributed by atoms with Gasteiger partial charge in [-0.25, -0.2) is 19.1 Å². The number of benzene rings is 1. The van der Waals surface area contributed by atoms with Gasteiger partial charge >= 0.3 is 6.03 Å². The Balaban J connectivity index is 1.77. The van der Waals surface area contributed by atoms with Gasteiger partial charge in [0, 0.05) is 17.6 Å². The summed E-state index contributed by atoms with van der Waals surface area (Å²) in [5.41, 5.74) is 2.08. The highest BCUT2D eigenvalue weighted by atomic mass is 19.1. The van der Waals surface area contributed by atoms with Gasteiger partial charge in [-0.1, -0.05) is 12.1 Å². The van der Waals surface area contributed by atoms with Crippen LogP contribution in [0.1, 0.15) is 17.0 Å². The highest BCUT2D eigenvalue weighted by Crippen LogP contribution is 2.25. The van der Waals surface area contributed by atoms with Crippen LogP contribution in [0, 0.1) is 19.7 Å². The Labute approximate surface area is 171 Å². The lowest BCUT2D eigenvalue weighted by Gasteiger charge is -2.26. The summed E-state index contributed by atoms with van der Waals surface area (Å²) < 4.78 is 15.5. The van der Waals surface area contributed by atoms with E-state index in [1.165, 1.54) is 24.3 Å². The van der Waals surface area contributed by atoms with E-state index < -0.39 is 23.7 Å². The number of aromatic nitrogens is 2. The van der Waals surface area contributed by atoms with Gasteiger partial charge < -0.3 is 4.57 Å². The molecule has 0 radical (unpaired) electrons. The minimum absolute atomic E-state index is 0.0369. The molecule has 3 aromatic rings. The maximum atomic E-state index is 13.6. The van der Waals surface area contributed by atoms with Crippen LogP contribution >= 0.6 is 0 Å². The third-order valence-electron chi connectivity index (χ3n) is 4.82. The molecule has 3 heterocycles. The Morgan fingerprint density at radius 1 is 1.03 bits per heavy atom. The van der Waals surface area contributed by atoms with E-state index >= 15 is 0 Å². The molecule has 1 fully saturated rings. The molecule has 0 spiro atoms. The maximum absolute atomic E-state index is 13.6. The number of amides is 4. The van der Waals surface area contributed by atoms with Gasteiger partial charge in [0.05, 0.1) is 5.69 Å². The summed E-state index contributed by atoms with van der Waals surface area (Å²) in [6, 6.07) is 11.5. The molecule has 7 nitrogen and oxygen atoms in total. The van der Waals surface area contributed by atoms with Crippen LogP contribution in [0.3, 0.4) is 0 Å². The Morgan fingerprint density at radius 2 is 1.83 bits per heavy atom. The quantitative estimate of drug-likeness (QED) is 0.536. The zero-order chi connectivity index (χ0) is 21.4. The van der Waals surface area contributed by atoms with Gasteiger partial charge in [-0.05, 0) is 61.9 Å². The monoisotopic (exact) mass is 404 g/mol. The fourth-order valence-electron chi connectivity index (χ4n) is 3.43. The first-order valence-electron chi connectivity index (χ1n) is 9.14. The topological polar surface area (TPSA) is 84.3 Å². The molecule has 0 aliphatic carbocycles. The van der Waals surface area contributed by atoms with Crippen molar-refractivity contribution in [2.45, 2.75) is 13.8 Å². The molecule has 1 aromatic carbocycles. The number of pyridine rings is 1.